The van der Waals surface area contributed by atoms with E-state index in [2.05, 4.69) is 54.7 Å². The van der Waals surface area contributed by atoms with Crippen molar-refractivity contribution in [2.45, 2.75) is 91.7 Å². The van der Waals surface area contributed by atoms with Crippen LogP contribution < -0.4 is 11.1 Å². The molecule has 0 aliphatic heterocycles. The third kappa shape index (κ3) is 19.7. The van der Waals surface area contributed by atoms with Gasteiger partial charge < -0.3 is 11.1 Å². The van der Waals surface area contributed by atoms with Crippen LogP contribution in [0, 0.1) is 0 Å². The van der Waals surface area contributed by atoms with Crippen LogP contribution >= 0.6 is 15.9 Å². The monoisotopic (exact) mass is 600 g/mol. The Labute approximate surface area is 225 Å². The van der Waals surface area contributed by atoms with E-state index in [1.54, 1.807) is 0 Å². The molecule has 212 valence electrons. The third-order valence-corrected chi connectivity index (χ3v) is 5.44. The molecule has 1 amide bonds. The van der Waals surface area contributed by atoms with Gasteiger partial charge in [-0.25, -0.2) is 0 Å². The number of rotatable bonds is 10. The summed E-state index contributed by atoms with van der Waals surface area (Å²) in [6.45, 7) is 11.9. The summed E-state index contributed by atoms with van der Waals surface area (Å²) in [7, 11) is 0. The number of carbonyl (C=O) groups is 1. The predicted molar refractivity (Wildman–Crippen MR) is 143 cm³/mol. The fourth-order valence-electron chi connectivity index (χ4n) is 2.69. The smallest absolute Gasteiger partial charge is 0.370 e. The molecule has 3 nitrogen and oxygen atoms in total. The summed E-state index contributed by atoms with van der Waals surface area (Å²) in [4.78, 5) is 10.7. The fourth-order valence-corrected chi connectivity index (χ4v) is 3.12. The molecule has 1 aromatic carbocycles. The second kappa shape index (κ2) is 19.1. The summed E-state index contributed by atoms with van der Waals surface area (Å²) in [6, 6.07) is 8.64. The van der Waals surface area contributed by atoms with E-state index < -0.39 is 23.5 Å². The molecule has 0 saturated carbocycles. The molecule has 0 saturated heterocycles. The van der Waals surface area contributed by atoms with Gasteiger partial charge in [0.25, 0.3) is 0 Å². The molecule has 0 aromatic heterocycles. The molecule has 1 atom stereocenters. The molecule has 37 heavy (non-hydrogen) atoms. The minimum absolute atomic E-state index is 0.155. The molecular formula is C27H39BrF6N2O. The number of benzene rings is 1. The number of carbonyl (C=O) groups excluding carboxylic acids is 1. The van der Waals surface area contributed by atoms with Crippen LogP contribution in [-0.4, -0.2) is 24.3 Å². The summed E-state index contributed by atoms with van der Waals surface area (Å²) >= 11 is 3.54. The zero-order valence-corrected chi connectivity index (χ0v) is 23.7. The maximum absolute atomic E-state index is 12.0. The van der Waals surface area contributed by atoms with Crippen molar-refractivity contribution in [1.82, 2.24) is 5.32 Å². The van der Waals surface area contributed by atoms with E-state index in [4.69, 9.17) is 5.73 Å². The number of allylic oxidation sites excluding steroid dienone is 5. The lowest BCUT2D eigenvalue weighted by Gasteiger charge is -2.17. The van der Waals surface area contributed by atoms with E-state index >= 15 is 0 Å². The van der Waals surface area contributed by atoms with Crippen molar-refractivity contribution in [2.24, 2.45) is 5.73 Å². The van der Waals surface area contributed by atoms with Crippen LogP contribution in [0.25, 0.3) is 0 Å². The Morgan fingerprint density at radius 3 is 2.03 bits per heavy atom. The lowest BCUT2D eigenvalue weighted by Crippen LogP contribution is -2.28. The predicted octanol–water partition coefficient (Wildman–Crippen LogP) is 8.95. The van der Waals surface area contributed by atoms with Crippen LogP contribution in [0.2, 0.25) is 0 Å². The van der Waals surface area contributed by atoms with Gasteiger partial charge in [0.05, 0.1) is 0 Å². The molecule has 10 heteroatoms. The van der Waals surface area contributed by atoms with Crippen molar-refractivity contribution < 1.29 is 31.1 Å². The van der Waals surface area contributed by atoms with E-state index in [-0.39, 0.29) is 11.5 Å². The van der Waals surface area contributed by atoms with Crippen molar-refractivity contribution in [1.29, 1.82) is 0 Å². The largest absolute Gasteiger partial charge is 0.415 e. The average molecular weight is 602 g/mol. The molecule has 0 fully saturated rings. The van der Waals surface area contributed by atoms with Crippen LogP contribution in [0.4, 0.5) is 26.3 Å². The highest BCUT2D eigenvalue weighted by Gasteiger charge is 2.31. The van der Waals surface area contributed by atoms with E-state index in [0.717, 1.165) is 44.1 Å². The third-order valence-electron chi connectivity index (χ3n) is 4.66. The molecule has 0 radical (unpaired) electrons. The van der Waals surface area contributed by atoms with Gasteiger partial charge in [-0.2, -0.15) is 26.3 Å². The minimum Gasteiger partial charge on any atom is -0.370 e. The first-order valence-electron chi connectivity index (χ1n) is 11.9. The van der Waals surface area contributed by atoms with Gasteiger partial charge in [0.15, 0.2) is 0 Å². The van der Waals surface area contributed by atoms with E-state index in [1.807, 2.05) is 18.2 Å². The minimum atomic E-state index is -4.62. The number of hydrogen-bond acceptors (Lipinski definition) is 2. The molecule has 0 spiro atoms. The Bertz CT molecular complexity index is 876. The number of nitrogens with two attached hydrogens (primary N) is 1. The quantitative estimate of drug-likeness (QED) is 0.208. The first-order valence-corrected chi connectivity index (χ1v) is 12.7. The van der Waals surface area contributed by atoms with E-state index in [0.29, 0.717) is 24.6 Å². The maximum Gasteiger partial charge on any atom is 0.415 e. The first kappa shape index (κ1) is 37.1. The Morgan fingerprint density at radius 2 is 1.59 bits per heavy atom. The Hall–Kier alpha value is -2.07. The second-order valence-corrected chi connectivity index (χ2v) is 9.23. The highest BCUT2D eigenvalue weighted by molar-refractivity contribution is 9.10. The highest BCUT2D eigenvalue weighted by atomic mass is 79.9. The maximum atomic E-state index is 12.0. The van der Waals surface area contributed by atoms with Crippen molar-refractivity contribution in [3.8, 4) is 0 Å². The van der Waals surface area contributed by atoms with Crippen molar-refractivity contribution in [3.05, 3.63) is 69.8 Å². The molecule has 3 N–H and O–H groups in total. The molecule has 0 aliphatic carbocycles. The summed E-state index contributed by atoms with van der Waals surface area (Å²) in [5.74, 6) is -0.212. The van der Waals surface area contributed by atoms with Gasteiger partial charge in [-0.1, -0.05) is 79.5 Å². The van der Waals surface area contributed by atoms with Crippen LogP contribution in [0.15, 0.2) is 64.2 Å². The van der Waals surface area contributed by atoms with Gasteiger partial charge in [-0.05, 0) is 50.8 Å². The molecule has 0 heterocycles. The number of primary amides is 1. The van der Waals surface area contributed by atoms with Gasteiger partial charge in [0.1, 0.15) is 0 Å². The molecule has 1 aromatic rings. The number of alkyl halides is 6. The summed E-state index contributed by atoms with van der Waals surface area (Å²) in [6.07, 6.45) is -3.32. The normalized spacial score (nSPS) is 13.1. The van der Waals surface area contributed by atoms with Gasteiger partial charge >= 0.3 is 12.4 Å². The fraction of sp³-hybridized carbons (Fsp3) is 0.519. The number of amides is 1. The lowest BCUT2D eigenvalue weighted by atomic mass is 10.1. The topological polar surface area (TPSA) is 55.1 Å². The summed E-state index contributed by atoms with van der Waals surface area (Å²) in [5, 5.41) is 3.52. The number of hydrogen-bond donors (Lipinski definition) is 2. The van der Waals surface area contributed by atoms with Gasteiger partial charge in [0.2, 0.25) is 5.91 Å². The van der Waals surface area contributed by atoms with Gasteiger partial charge in [-0.3, -0.25) is 4.79 Å². The van der Waals surface area contributed by atoms with Crippen LogP contribution in [-0.2, 0) is 11.3 Å². The van der Waals surface area contributed by atoms with Crippen molar-refractivity contribution in [2.75, 3.05) is 0 Å². The summed E-state index contributed by atoms with van der Waals surface area (Å²) < 4.78 is 73.2. The number of nitrogens with one attached hydrogen (secondary N) is 1. The second-order valence-electron chi connectivity index (χ2n) is 8.38. The van der Waals surface area contributed by atoms with Crippen molar-refractivity contribution in [3.63, 3.8) is 0 Å². The summed E-state index contributed by atoms with van der Waals surface area (Å²) in [5.41, 5.74) is 4.09. The molecule has 0 aliphatic rings. The van der Waals surface area contributed by atoms with Crippen LogP contribution in [0.3, 0.4) is 0 Å². The Balaban J connectivity index is 0. The molecule has 1 rings (SSSR count). The van der Waals surface area contributed by atoms with Crippen LogP contribution in [0.5, 0.6) is 0 Å². The van der Waals surface area contributed by atoms with Gasteiger partial charge in [0, 0.05) is 34.6 Å². The zero-order chi connectivity index (χ0) is 29.2. The number of halogens is 7. The average Bonchev–Trinajstić information content (AvgIpc) is 2.76. The van der Waals surface area contributed by atoms with E-state index in [1.165, 1.54) is 12.0 Å². The molecule has 0 bridgehead atoms. The molecule has 1 unspecified atom stereocenters. The van der Waals surface area contributed by atoms with Crippen molar-refractivity contribution >= 4 is 21.8 Å². The first-order chi connectivity index (χ1) is 17.0. The van der Waals surface area contributed by atoms with Crippen LogP contribution in [0.1, 0.15) is 72.3 Å². The Kier molecular flexibility index (Phi) is 19.1. The van der Waals surface area contributed by atoms with Gasteiger partial charge in [-0.15, -0.1) is 0 Å². The highest BCUT2D eigenvalue weighted by Crippen LogP contribution is 2.28. The lowest BCUT2D eigenvalue weighted by molar-refractivity contribution is -0.118. The molecular weight excluding hydrogens is 562 g/mol. The Morgan fingerprint density at radius 1 is 1.05 bits per heavy atom. The SMILES string of the molecule is C=C(/C=C(C)\C=C(/C)C(F)(F)F)C(F)(F)F.CCC.CCC(CCCC(N)=O)NCc1ccccc1Br. The van der Waals surface area contributed by atoms with E-state index in [9.17, 15) is 31.1 Å². The zero-order valence-electron chi connectivity index (χ0n) is 22.1. The standard InChI is InChI=1S/C14H21BrN2O.C10H10F6.C3H8/c1-2-12(7-5-9-14(16)18)17-10-11-6-3-4-8-13(11)15;1-6(4-7(2)9(11,12)13)5-8(3)10(14,15)16;1-3-2/h3-4,6,8,12,17H,2,5,7,9-10H2,1H3,(H2,16,18);4-5H,2H2,1,3H3;3H2,1-2H3/b;6-4-,8-5+;.